The van der Waals surface area contributed by atoms with E-state index >= 15 is 0 Å². The molecule has 0 amide bonds. The Kier molecular flexibility index (Phi) is 6.14. The summed E-state index contributed by atoms with van der Waals surface area (Å²) in [6.07, 6.45) is 3.72. The van der Waals surface area contributed by atoms with Crippen molar-refractivity contribution >= 4 is 0 Å². The van der Waals surface area contributed by atoms with Crippen molar-refractivity contribution in [2.75, 3.05) is 46.6 Å². The van der Waals surface area contributed by atoms with Crippen LogP contribution >= 0.6 is 0 Å². The van der Waals surface area contributed by atoms with E-state index in [2.05, 4.69) is 30.0 Å². The molecule has 4 nitrogen and oxygen atoms in total. The lowest BCUT2D eigenvalue weighted by Crippen LogP contribution is -2.49. The first-order valence-corrected chi connectivity index (χ1v) is 9.26. The van der Waals surface area contributed by atoms with Crippen molar-refractivity contribution in [2.24, 2.45) is 11.3 Å². The summed E-state index contributed by atoms with van der Waals surface area (Å²) in [5, 5.41) is 0. The third kappa shape index (κ3) is 4.11. The third-order valence-electron chi connectivity index (χ3n) is 5.84. The third-order valence-corrected chi connectivity index (χ3v) is 5.84. The molecule has 0 saturated carbocycles. The maximum Gasteiger partial charge on any atom is 0.119 e. The largest absolute Gasteiger partial charge is 0.497 e. The van der Waals surface area contributed by atoms with E-state index in [1.54, 1.807) is 7.11 Å². The van der Waals surface area contributed by atoms with Gasteiger partial charge < -0.3 is 14.2 Å². The molecule has 2 fully saturated rings. The molecule has 0 bridgehead atoms. The van der Waals surface area contributed by atoms with E-state index in [0.717, 1.165) is 38.7 Å². The first-order valence-electron chi connectivity index (χ1n) is 9.26. The minimum atomic E-state index is 0.429. The van der Waals surface area contributed by atoms with Gasteiger partial charge in [-0.15, -0.1) is 0 Å². The number of likely N-dealkylation sites (tertiary alicyclic amines) is 1. The topological polar surface area (TPSA) is 30.9 Å². The summed E-state index contributed by atoms with van der Waals surface area (Å²) >= 11 is 0. The molecule has 0 unspecified atom stereocenters. The highest BCUT2D eigenvalue weighted by Crippen LogP contribution is 2.45. The normalized spacial score (nSPS) is 24.2. The predicted molar refractivity (Wildman–Crippen MR) is 95.4 cm³/mol. The van der Waals surface area contributed by atoms with Crippen LogP contribution in [-0.4, -0.2) is 51.5 Å². The predicted octanol–water partition coefficient (Wildman–Crippen LogP) is 3.35. The molecule has 24 heavy (non-hydrogen) atoms. The Morgan fingerprint density at radius 1 is 1.25 bits per heavy atom. The molecule has 0 radical (unpaired) electrons. The second-order valence-electron chi connectivity index (χ2n) is 7.17. The summed E-state index contributed by atoms with van der Waals surface area (Å²) in [6.45, 7) is 8.86. The molecule has 0 aromatic heterocycles. The molecule has 4 heteroatoms. The van der Waals surface area contributed by atoms with E-state index < -0.39 is 0 Å². The number of nitrogens with zero attached hydrogens (tertiary/aromatic N) is 1. The summed E-state index contributed by atoms with van der Waals surface area (Å²) in [5.41, 5.74) is 1.77. The van der Waals surface area contributed by atoms with Gasteiger partial charge in [-0.25, -0.2) is 0 Å². The van der Waals surface area contributed by atoms with Crippen LogP contribution in [0.5, 0.6) is 5.75 Å². The number of piperidine rings is 1. The van der Waals surface area contributed by atoms with Gasteiger partial charge in [0.1, 0.15) is 5.75 Å². The lowest BCUT2D eigenvalue weighted by atomic mass is 9.66. The second-order valence-corrected chi connectivity index (χ2v) is 7.17. The summed E-state index contributed by atoms with van der Waals surface area (Å²) in [5.74, 6) is 1.51. The molecule has 0 aliphatic carbocycles. The molecule has 2 heterocycles. The maximum atomic E-state index is 5.75. The fourth-order valence-corrected chi connectivity index (χ4v) is 4.21. The van der Waals surface area contributed by atoms with Crippen LogP contribution in [0.2, 0.25) is 0 Å². The molecule has 1 aromatic rings. The Hall–Kier alpha value is -1.10. The number of rotatable bonds is 6. The summed E-state index contributed by atoms with van der Waals surface area (Å²) in [4.78, 5) is 2.58. The molecule has 2 aliphatic rings. The van der Waals surface area contributed by atoms with Crippen LogP contribution in [0.3, 0.4) is 0 Å². The van der Waals surface area contributed by atoms with Gasteiger partial charge >= 0.3 is 0 Å². The highest BCUT2D eigenvalue weighted by atomic mass is 16.5. The molecule has 1 aromatic carbocycles. The minimum Gasteiger partial charge on any atom is -0.497 e. The zero-order chi connectivity index (χ0) is 16.8. The summed E-state index contributed by atoms with van der Waals surface area (Å²) < 4.78 is 16.8. The number of methoxy groups -OCH3 is 1. The van der Waals surface area contributed by atoms with Crippen molar-refractivity contribution in [3.8, 4) is 5.75 Å². The van der Waals surface area contributed by atoms with Crippen molar-refractivity contribution in [3.05, 3.63) is 29.8 Å². The van der Waals surface area contributed by atoms with Crippen LogP contribution in [-0.2, 0) is 16.0 Å². The number of hydrogen-bond acceptors (Lipinski definition) is 4. The fraction of sp³-hybridized carbons (Fsp3) is 0.700. The van der Waals surface area contributed by atoms with Crippen molar-refractivity contribution in [1.82, 2.24) is 4.90 Å². The monoisotopic (exact) mass is 333 g/mol. The van der Waals surface area contributed by atoms with E-state index in [1.807, 2.05) is 6.07 Å². The molecule has 1 atom stereocenters. The maximum absolute atomic E-state index is 5.75. The lowest BCUT2D eigenvalue weighted by molar-refractivity contribution is -0.0993. The van der Waals surface area contributed by atoms with Gasteiger partial charge in [0.2, 0.25) is 0 Å². The van der Waals surface area contributed by atoms with Gasteiger partial charge in [0.15, 0.2) is 0 Å². The lowest BCUT2D eigenvalue weighted by Gasteiger charge is -2.49. The number of benzene rings is 1. The number of hydrogen-bond donors (Lipinski definition) is 0. The van der Waals surface area contributed by atoms with Crippen LogP contribution in [0.15, 0.2) is 24.3 Å². The first-order chi connectivity index (χ1) is 11.8. The molecule has 1 spiro atoms. The smallest absolute Gasteiger partial charge is 0.119 e. The first kappa shape index (κ1) is 17.7. The molecule has 3 rings (SSSR count). The van der Waals surface area contributed by atoms with E-state index in [4.69, 9.17) is 14.2 Å². The van der Waals surface area contributed by atoms with Crippen LogP contribution in [0.4, 0.5) is 0 Å². The van der Waals surface area contributed by atoms with E-state index in [0.29, 0.717) is 11.3 Å². The van der Waals surface area contributed by atoms with Gasteiger partial charge in [-0.3, -0.25) is 4.90 Å². The molecule has 134 valence electrons. The zero-order valence-electron chi connectivity index (χ0n) is 15.1. The zero-order valence-corrected chi connectivity index (χ0v) is 15.1. The van der Waals surface area contributed by atoms with Crippen LogP contribution in [0.1, 0.15) is 31.7 Å². The summed E-state index contributed by atoms with van der Waals surface area (Å²) in [7, 11) is 1.73. The van der Waals surface area contributed by atoms with Gasteiger partial charge in [0.05, 0.1) is 20.3 Å². The van der Waals surface area contributed by atoms with Crippen LogP contribution in [0.25, 0.3) is 0 Å². The highest BCUT2D eigenvalue weighted by Gasteiger charge is 2.43. The van der Waals surface area contributed by atoms with Gasteiger partial charge in [-0.05, 0) is 62.4 Å². The van der Waals surface area contributed by atoms with E-state index in [9.17, 15) is 0 Å². The molecular weight excluding hydrogens is 302 g/mol. The standard InChI is InChI=1S/C20H31NO3/c1-3-23-15-18-16-24-12-9-20(18)7-10-21(11-8-20)14-17-5-4-6-19(13-17)22-2/h4-6,13,18H,3,7-12,14-16H2,1-2H3/t18-/m1/s1. The molecule has 0 N–H and O–H groups in total. The second kappa shape index (κ2) is 8.32. The van der Waals surface area contributed by atoms with Gasteiger partial charge in [0.25, 0.3) is 0 Å². The molecular formula is C20H31NO3. The van der Waals surface area contributed by atoms with E-state index in [-0.39, 0.29) is 0 Å². The Balaban J connectivity index is 1.57. The Labute approximate surface area is 146 Å². The fourth-order valence-electron chi connectivity index (χ4n) is 4.21. The minimum absolute atomic E-state index is 0.429. The Morgan fingerprint density at radius 2 is 2.08 bits per heavy atom. The summed E-state index contributed by atoms with van der Waals surface area (Å²) in [6, 6.07) is 8.43. The highest BCUT2D eigenvalue weighted by molar-refractivity contribution is 5.28. The molecule has 2 saturated heterocycles. The van der Waals surface area contributed by atoms with Crippen molar-refractivity contribution in [2.45, 2.75) is 32.7 Å². The van der Waals surface area contributed by atoms with Gasteiger partial charge in [-0.1, -0.05) is 12.1 Å². The average Bonchev–Trinajstić information content (AvgIpc) is 2.63. The number of ether oxygens (including phenoxy) is 3. The molecule has 2 aliphatic heterocycles. The van der Waals surface area contributed by atoms with Gasteiger partial charge in [-0.2, -0.15) is 0 Å². The average molecular weight is 333 g/mol. The van der Waals surface area contributed by atoms with Crippen molar-refractivity contribution < 1.29 is 14.2 Å². The van der Waals surface area contributed by atoms with Gasteiger partial charge in [0, 0.05) is 25.7 Å². The Bertz CT molecular complexity index is 511. The van der Waals surface area contributed by atoms with Crippen molar-refractivity contribution in [3.63, 3.8) is 0 Å². The van der Waals surface area contributed by atoms with E-state index in [1.165, 1.54) is 37.9 Å². The quantitative estimate of drug-likeness (QED) is 0.799. The van der Waals surface area contributed by atoms with Crippen molar-refractivity contribution in [1.29, 1.82) is 0 Å². The van der Waals surface area contributed by atoms with Crippen LogP contribution < -0.4 is 4.74 Å². The SMILES string of the molecule is CCOC[C@@H]1COCCC12CCN(Cc1cccc(OC)c1)CC2. The van der Waals surface area contributed by atoms with Crippen LogP contribution in [0, 0.1) is 11.3 Å². The Morgan fingerprint density at radius 3 is 2.83 bits per heavy atom.